The maximum atomic E-state index is 6.29. The molecule has 0 amide bonds. The van der Waals surface area contributed by atoms with Crippen molar-refractivity contribution in [1.82, 2.24) is 15.6 Å². The van der Waals surface area contributed by atoms with Crippen LogP contribution in [-0.2, 0) is 20.3 Å². The predicted octanol–water partition coefficient (Wildman–Crippen LogP) is 6.71. The Morgan fingerprint density at radius 2 is 1.03 bits per heavy atom. The van der Waals surface area contributed by atoms with Crippen molar-refractivity contribution >= 4 is 21.8 Å². The number of ether oxygens (including phenoxy) is 2. The van der Waals surface area contributed by atoms with Crippen LogP contribution >= 0.6 is 0 Å². The Morgan fingerprint density at radius 3 is 1.31 bits per heavy atom. The maximum Gasteiger partial charge on any atom is 0.136 e. The van der Waals surface area contributed by atoms with Gasteiger partial charge in [0.05, 0.1) is 24.2 Å². The Bertz CT molecular complexity index is 1190. The number of rotatable bonds is 2. The molecular weight excluding hydrogens is 434 g/mol. The fraction of sp³-hybridized carbons (Fsp3) is 0.600. The van der Waals surface area contributed by atoms with Gasteiger partial charge in [-0.25, -0.2) is 0 Å². The summed E-state index contributed by atoms with van der Waals surface area (Å²) in [5.74, 6) is 0. The highest BCUT2D eigenvalue weighted by Gasteiger charge is 2.36. The molecule has 2 aliphatic heterocycles. The molecule has 5 nitrogen and oxygen atoms in total. The van der Waals surface area contributed by atoms with Crippen molar-refractivity contribution in [1.29, 1.82) is 0 Å². The monoisotopic (exact) mass is 477 g/mol. The normalized spacial score (nSPS) is 24.6. The van der Waals surface area contributed by atoms with Gasteiger partial charge in [0.2, 0.25) is 0 Å². The molecule has 5 heteroatoms. The lowest BCUT2D eigenvalue weighted by atomic mass is 9.83. The van der Waals surface area contributed by atoms with E-state index in [4.69, 9.17) is 9.47 Å². The van der Waals surface area contributed by atoms with Crippen LogP contribution in [0.5, 0.6) is 0 Å². The highest BCUT2D eigenvalue weighted by atomic mass is 16.5. The average molecular weight is 478 g/mol. The van der Waals surface area contributed by atoms with Crippen LogP contribution < -0.4 is 10.6 Å². The molecule has 0 saturated carbocycles. The van der Waals surface area contributed by atoms with Gasteiger partial charge in [0.1, 0.15) is 12.5 Å². The minimum atomic E-state index is -0.145. The third-order valence-electron chi connectivity index (χ3n) is 7.44. The summed E-state index contributed by atoms with van der Waals surface area (Å²) in [5, 5.41) is 9.90. The molecule has 0 bridgehead atoms. The lowest BCUT2D eigenvalue weighted by Crippen LogP contribution is -2.36. The van der Waals surface area contributed by atoms with Crippen molar-refractivity contribution in [3.05, 3.63) is 46.5 Å². The van der Waals surface area contributed by atoms with Crippen molar-refractivity contribution in [2.75, 3.05) is 13.2 Å². The Balaban J connectivity index is 1.81. The highest BCUT2D eigenvalue weighted by Crippen LogP contribution is 2.42. The smallest absolute Gasteiger partial charge is 0.136 e. The molecule has 190 valence electrons. The number of aromatic nitrogens is 1. The zero-order chi connectivity index (χ0) is 25.6. The van der Waals surface area contributed by atoms with Gasteiger partial charge in [-0.05, 0) is 73.9 Å². The molecule has 3 heterocycles. The van der Waals surface area contributed by atoms with Crippen molar-refractivity contribution in [2.24, 2.45) is 0 Å². The summed E-state index contributed by atoms with van der Waals surface area (Å²) in [6, 6.07) is 9.41. The number of fused-ring (bicyclic) bond motifs is 3. The number of nitrogens with one attached hydrogen (secondary N) is 3. The second-order valence-electron chi connectivity index (χ2n) is 14.0. The molecule has 2 aromatic carbocycles. The number of benzene rings is 2. The van der Waals surface area contributed by atoms with Crippen molar-refractivity contribution in [3.63, 3.8) is 0 Å². The summed E-state index contributed by atoms with van der Waals surface area (Å²) in [4.78, 5) is 3.84. The van der Waals surface area contributed by atoms with Gasteiger partial charge in [0, 0.05) is 33.0 Å². The van der Waals surface area contributed by atoms with E-state index >= 15 is 0 Å². The molecule has 2 atom stereocenters. The fourth-order valence-corrected chi connectivity index (χ4v) is 5.23. The molecule has 1 aromatic heterocycles. The number of aromatic amines is 1. The molecule has 0 spiro atoms. The number of H-pyrrole nitrogens is 1. The van der Waals surface area contributed by atoms with E-state index in [0.717, 1.165) is 11.0 Å². The van der Waals surface area contributed by atoms with Gasteiger partial charge in [-0.15, -0.1) is 0 Å². The van der Waals surface area contributed by atoms with E-state index in [1.54, 1.807) is 0 Å². The first-order chi connectivity index (χ1) is 16.0. The molecule has 2 aliphatic rings. The van der Waals surface area contributed by atoms with Gasteiger partial charge in [0.15, 0.2) is 0 Å². The molecule has 3 N–H and O–H groups in total. The predicted molar refractivity (Wildman–Crippen MR) is 145 cm³/mol. The molecular formula is C30H43N3O2. The van der Waals surface area contributed by atoms with Gasteiger partial charge in [-0.3, -0.25) is 10.6 Å². The van der Waals surface area contributed by atoms with Crippen LogP contribution in [0.3, 0.4) is 0 Å². The lowest BCUT2D eigenvalue weighted by molar-refractivity contribution is 0.0996. The topological polar surface area (TPSA) is 58.3 Å². The van der Waals surface area contributed by atoms with Crippen molar-refractivity contribution in [2.45, 2.75) is 104 Å². The third kappa shape index (κ3) is 4.53. The van der Waals surface area contributed by atoms with E-state index in [0.29, 0.717) is 13.2 Å². The van der Waals surface area contributed by atoms with Gasteiger partial charge < -0.3 is 14.5 Å². The van der Waals surface area contributed by atoms with E-state index in [1.165, 1.54) is 33.0 Å². The Kier molecular flexibility index (Phi) is 5.51. The summed E-state index contributed by atoms with van der Waals surface area (Å²) in [5.41, 5.74) is 7.20. The third-order valence-corrected chi connectivity index (χ3v) is 7.44. The quantitative estimate of drug-likeness (QED) is 0.384. The molecule has 0 radical (unpaired) electrons. The Hall–Kier alpha value is -1.92. The van der Waals surface area contributed by atoms with Gasteiger partial charge in [-0.2, -0.15) is 0 Å². The largest absolute Gasteiger partial charge is 0.357 e. The minimum Gasteiger partial charge on any atom is -0.357 e. The number of hydrogen-bond acceptors (Lipinski definition) is 4. The fourth-order valence-electron chi connectivity index (χ4n) is 5.23. The standard InChI is InChI=1S/C30H43N3O2/c1-27(2,3)17-11-19-20-12-18(28(4,5)6)14-22(26-33-30(9,10)16-35-26)24(20)31-23(19)21(13-17)25-32-29(7,8)15-34-25/h11-14,25-26,31-33H,15-16H2,1-10H3. The summed E-state index contributed by atoms with van der Waals surface area (Å²) in [6.07, 6.45) is -0.290. The summed E-state index contributed by atoms with van der Waals surface area (Å²) in [7, 11) is 0. The van der Waals surface area contributed by atoms with Crippen molar-refractivity contribution in [3.8, 4) is 0 Å². The van der Waals surface area contributed by atoms with E-state index in [-0.39, 0.29) is 34.4 Å². The van der Waals surface area contributed by atoms with Crippen molar-refractivity contribution < 1.29 is 9.47 Å². The number of hydrogen-bond donors (Lipinski definition) is 3. The highest BCUT2D eigenvalue weighted by molar-refractivity contribution is 6.10. The molecule has 2 unspecified atom stereocenters. The zero-order valence-corrected chi connectivity index (χ0v) is 23.2. The SMILES string of the molecule is CC1(C)COC(c2cc(C(C)(C)C)cc3c2[nH]c2c(C4NC(C)(C)CO4)cc(C(C)(C)C)cc23)N1. The molecule has 2 fully saturated rings. The van der Waals surface area contributed by atoms with Crippen LogP contribution in [0.25, 0.3) is 21.8 Å². The molecule has 0 aliphatic carbocycles. The zero-order valence-electron chi connectivity index (χ0n) is 23.2. The Morgan fingerprint density at radius 1 is 0.657 bits per heavy atom. The second-order valence-corrected chi connectivity index (χ2v) is 14.0. The van der Waals surface area contributed by atoms with Crippen LogP contribution in [0.1, 0.15) is 104 Å². The molecule has 3 aromatic rings. The van der Waals surface area contributed by atoms with E-state index < -0.39 is 0 Å². The molecule has 35 heavy (non-hydrogen) atoms. The molecule has 5 rings (SSSR count). The molecule has 2 saturated heterocycles. The van der Waals surface area contributed by atoms with Crippen LogP contribution in [0, 0.1) is 0 Å². The summed E-state index contributed by atoms with van der Waals surface area (Å²) >= 11 is 0. The Labute approximate surface area is 210 Å². The average Bonchev–Trinajstić information content (AvgIpc) is 3.39. The van der Waals surface area contributed by atoms with Crippen LogP contribution in [0.2, 0.25) is 0 Å². The van der Waals surface area contributed by atoms with Gasteiger partial charge in [0.25, 0.3) is 0 Å². The summed E-state index contributed by atoms with van der Waals surface area (Å²) < 4.78 is 12.6. The lowest BCUT2D eigenvalue weighted by Gasteiger charge is -2.24. The maximum absolute atomic E-state index is 6.29. The van der Waals surface area contributed by atoms with Gasteiger partial charge in [-0.1, -0.05) is 41.5 Å². The first kappa shape index (κ1) is 24.8. The first-order valence-corrected chi connectivity index (χ1v) is 13.0. The van der Waals surface area contributed by atoms with Crippen LogP contribution in [0.4, 0.5) is 0 Å². The van der Waals surface area contributed by atoms with E-state index in [9.17, 15) is 0 Å². The summed E-state index contributed by atoms with van der Waals surface area (Å²) in [6.45, 7) is 23.9. The van der Waals surface area contributed by atoms with E-state index in [2.05, 4.69) is 109 Å². The van der Waals surface area contributed by atoms with Crippen LogP contribution in [0.15, 0.2) is 24.3 Å². The van der Waals surface area contributed by atoms with Gasteiger partial charge >= 0.3 is 0 Å². The second kappa shape index (κ2) is 7.79. The van der Waals surface area contributed by atoms with E-state index in [1.807, 2.05) is 0 Å². The minimum absolute atomic E-state index is 0.0191. The first-order valence-electron chi connectivity index (χ1n) is 13.0. The van der Waals surface area contributed by atoms with Crippen LogP contribution in [-0.4, -0.2) is 29.3 Å².